The highest BCUT2D eigenvalue weighted by molar-refractivity contribution is 8.27. The van der Waals surface area contributed by atoms with Crippen molar-refractivity contribution in [2.75, 3.05) is 13.2 Å². The Morgan fingerprint density at radius 2 is 1.75 bits per heavy atom. The van der Waals surface area contributed by atoms with E-state index in [0.29, 0.717) is 39.8 Å². The fraction of sp³-hybridized carbons (Fsp3) is 0.111. The molecule has 9 heteroatoms. The number of aryl methyl sites for hydroxylation is 1. The zero-order valence-corrected chi connectivity index (χ0v) is 20.8. The number of nitrogens with one attached hydrogen (secondary N) is 1. The summed E-state index contributed by atoms with van der Waals surface area (Å²) in [6, 6.07) is 22.4. The van der Waals surface area contributed by atoms with Gasteiger partial charge in [-0.25, -0.2) is 0 Å². The third kappa shape index (κ3) is 5.19. The number of rotatable bonds is 7. The number of benzene rings is 3. The van der Waals surface area contributed by atoms with Crippen molar-refractivity contribution in [2.45, 2.75) is 6.92 Å². The van der Waals surface area contributed by atoms with E-state index in [9.17, 15) is 4.79 Å². The van der Waals surface area contributed by atoms with Gasteiger partial charge in [0.1, 0.15) is 29.8 Å². The highest BCUT2D eigenvalue weighted by Gasteiger charge is 2.36. The number of ether oxygens (including phenoxy) is 2. The van der Waals surface area contributed by atoms with Gasteiger partial charge < -0.3 is 9.47 Å². The highest BCUT2D eigenvalue weighted by Crippen LogP contribution is 2.33. The van der Waals surface area contributed by atoms with Crippen molar-refractivity contribution in [3.8, 4) is 11.5 Å². The number of carbonyl (C=O) groups is 1. The van der Waals surface area contributed by atoms with Gasteiger partial charge in [-0.05, 0) is 60.7 Å². The predicted octanol–water partition coefficient (Wildman–Crippen LogP) is 5.77. The van der Waals surface area contributed by atoms with Gasteiger partial charge in [-0.2, -0.15) is 15.1 Å². The summed E-state index contributed by atoms with van der Waals surface area (Å²) in [6.07, 6.45) is 1.62. The van der Waals surface area contributed by atoms with Crippen LogP contribution in [0.1, 0.15) is 16.7 Å². The Labute approximate surface area is 217 Å². The maximum Gasteiger partial charge on any atom is 0.283 e. The second kappa shape index (κ2) is 10.4. The summed E-state index contributed by atoms with van der Waals surface area (Å²) in [5.74, 6) is 0.883. The van der Waals surface area contributed by atoms with Crippen LogP contribution in [0.2, 0.25) is 5.02 Å². The van der Waals surface area contributed by atoms with E-state index in [1.54, 1.807) is 18.2 Å². The van der Waals surface area contributed by atoms with E-state index < -0.39 is 5.91 Å². The molecule has 1 N–H and O–H groups in total. The molecule has 5 rings (SSSR count). The molecule has 3 aromatic rings. The minimum absolute atomic E-state index is 0.0441. The van der Waals surface area contributed by atoms with Crippen LogP contribution in [0.15, 0.2) is 88.5 Å². The summed E-state index contributed by atoms with van der Waals surface area (Å²) >= 11 is 7.51. The Kier molecular flexibility index (Phi) is 6.88. The van der Waals surface area contributed by atoms with Gasteiger partial charge in [0.05, 0.1) is 10.6 Å². The Hall–Kier alpha value is -3.88. The monoisotopic (exact) mass is 516 g/mol. The Morgan fingerprint density at radius 1 is 1.00 bits per heavy atom. The number of carbonyl (C=O) groups excluding carboxylic acids is 1. The lowest BCUT2D eigenvalue weighted by Crippen LogP contribution is -2.35. The fourth-order valence-corrected chi connectivity index (χ4v) is 4.76. The Morgan fingerprint density at radius 3 is 2.53 bits per heavy atom. The van der Waals surface area contributed by atoms with E-state index in [2.05, 4.69) is 10.1 Å². The molecule has 0 atom stereocenters. The topological polar surface area (TPSA) is 87.3 Å². The Bertz CT molecular complexity index is 1430. The largest absolute Gasteiger partial charge is 0.490 e. The van der Waals surface area contributed by atoms with Crippen molar-refractivity contribution >= 4 is 51.4 Å². The summed E-state index contributed by atoms with van der Waals surface area (Å²) in [6.45, 7) is 2.78. The normalized spacial score (nSPS) is 16.1. The van der Waals surface area contributed by atoms with Crippen LogP contribution < -0.4 is 9.47 Å². The number of thioether (sulfide) groups is 1. The van der Waals surface area contributed by atoms with Crippen molar-refractivity contribution in [2.24, 2.45) is 10.1 Å². The second-order valence-corrected chi connectivity index (χ2v) is 9.35. The van der Waals surface area contributed by atoms with Crippen molar-refractivity contribution in [3.63, 3.8) is 0 Å². The number of hydrogen-bond acceptors (Lipinski definition) is 6. The number of hydrogen-bond donors (Lipinski definition) is 1. The molecule has 0 aromatic heterocycles. The molecule has 180 valence electrons. The number of fused-ring (bicyclic) bond motifs is 1. The van der Waals surface area contributed by atoms with E-state index >= 15 is 0 Å². The smallest absolute Gasteiger partial charge is 0.283 e. The SMILES string of the molecule is Cc1ccc(OCCOc2cccc(/C=C3/C(=N)N4N=C(c5ccccc5Cl)SC4=NC3=O)c2)cc1. The van der Waals surface area contributed by atoms with Gasteiger partial charge in [-0.1, -0.05) is 59.6 Å². The quantitative estimate of drug-likeness (QED) is 0.318. The first-order valence-electron chi connectivity index (χ1n) is 11.2. The van der Waals surface area contributed by atoms with Gasteiger partial charge in [0.15, 0.2) is 5.84 Å². The van der Waals surface area contributed by atoms with Crippen molar-refractivity contribution in [1.29, 1.82) is 5.41 Å². The van der Waals surface area contributed by atoms with Gasteiger partial charge >= 0.3 is 0 Å². The van der Waals surface area contributed by atoms with Gasteiger partial charge in [-0.15, -0.1) is 0 Å². The number of hydrazone groups is 1. The molecular formula is C27H21ClN4O3S. The second-order valence-electron chi connectivity index (χ2n) is 7.99. The molecule has 0 spiro atoms. The summed E-state index contributed by atoms with van der Waals surface area (Å²) in [5.41, 5.74) is 2.75. The third-order valence-corrected chi connectivity index (χ3v) is 6.64. The molecule has 0 fully saturated rings. The molecule has 0 radical (unpaired) electrons. The molecule has 1 amide bonds. The molecule has 0 saturated carbocycles. The Balaban J connectivity index is 1.27. The maximum atomic E-state index is 12.8. The van der Waals surface area contributed by atoms with E-state index in [1.807, 2.05) is 67.6 Å². The van der Waals surface area contributed by atoms with Crippen LogP contribution >= 0.6 is 23.4 Å². The van der Waals surface area contributed by atoms with Crippen LogP contribution in [0.5, 0.6) is 11.5 Å². The lowest BCUT2D eigenvalue weighted by Gasteiger charge is -2.20. The van der Waals surface area contributed by atoms with E-state index in [4.69, 9.17) is 26.5 Å². The van der Waals surface area contributed by atoms with E-state index in [1.165, 1.54) is 22.3 Å². The first kappa shape index (κ1) is 23.8. The molecule has 2 heterocycles. The van der Waals surface area contributed by atoms with Crippen LogP contribution in [-0.4, -0.2) is 40.2 Å². The van der Waals surface area contributed by atoms with Crippen LogP contribution in [0.3, 0.4) is 0 Å². The molecular weight excluding hydrogens is 496 g/mol. The average molecular weight is 517 g/mol. The summed E-state index contributed by atoms with van der Waals surface area (Å²) in [4.78, 5) is 16.9. The van der Waals surface area contributed by atoms with Crippen molar-refractivity contribution < 1.29 is 14.3 Å². The highest BCUT2D eigenvalue weighted by atomic mass is 35.5. The van der Waals surface area contributed by atoms with Gasteiger partial charge in [0.25, 0.3) is 5.91 Å². The van der Waals surface area contributed by atoms with E-state index in [-0.39, 0.29) is 11.4 Å². The maximum absolute atomic E-state index is 12.8. The zero-order valence-electron chi connectivity index (χ0n) is 19.3. The number of amides is 1. The zero-order chi connectivity index (χ0) is 25.1. The molecule has 3 aromatic carbocycles. The number of amidine groups is 2. The molecule has 36 heavy (non-hydrogen) atoms. The molecule has 0 aliphatic carbocycles. The minimum atomic E-state index is -0.493. The van der Waals surface area contributed by atoms with Crippen LogP contribution in [0.4, 0.5) is 0 Å². The summed E-state index contributed by atoms with van der Waals surface area (Å²) < 4.78 is 11.5. The average Bonchev–Trinajstić information content (AvgIpc) is 3.30. The molecule has 2 aliphatic heterocycles. The van der Waals surface area contributed by atoms with Gasteiger partial charge in [-0.3, -0.25) is 10.2 Å². The number of aliphatic imine (C=N–C) groups is 1. The summed E-state index contributed by atoms with van der Waals surface area (Å²) in [5, 5.41) is 15.9. The van der Waals surface area contributed by atoms with E-state index in [0.717, 1.165) is 11.3 Å². The number of halogens is 1. The van der Waals surface area contributed by atoms with Crippen LogP contribution in [0.25, 0.3) is 6.08 Å². The molecule has 2 aliphatic rings. The predicted molar refractivity (Wildman–Crippen MR) is 144 cm³/mol. The van der Waals surface area contributed by atoms with Crippen LogP contribution in [-0.2, 0) is 4.79 Å². The fourth-order valence-electron chi connectivity index (χ4n) is 3.55. The lowest BCUT2D eigenvalue weighted by molar-refractivity contribution is -0.114. The number of nitrogens with zero attached hydrogens (tertiary/aromatic N) is 3. The first-order valence-corrected chi connectivity index (χ1v) is 12.3. The summed E-state index contributed by atoms with van der Waals surface area (Å²) in [7, 11) is 0. The van der Waals surface area contributed by atoms with Crippen LogP contribution in [0, 0.1) is 12.3 Å². The molecule has 0 saturated heterocycles. The van der Waals surface area contributed by atoms with Crippen molar-refractivity contribution in [1.82, 2.24) is 5.01 Å². The minimum Gasteiger partial charge on any atom is -0.490 e. The van der Waals surface area contributed by atoms with Gasteiger partial charge in [0.2, 0.25) is 5.17 Å². The standard InChI is InChI=1S/C27H21ClN4O3S/c1-17-9-11-19(12-10-17)34-13-14-35-20-6-4-5-18(15-20)16-22-24(29)32-27(30-25(22)33)36-26(31-32)21-7-2-3-8-23(21)28/h2-12,15-16,29H,13-14H2,1H3/b22-16-,29-24?. The van der Waals surface area contributed by atoms with Crippen molar-refractivity contribution in [3.05, 3.63) is 100 Å². The molecule has 7 nitrogen and oxygen atoms in total. The van der Waals surface area contributed by atoms with Gasteiger partial charge in [0, 0.05) is 5.56 Å². The molecule has 0 bridgehead atoms. The third-order valence-electron chi connectivity index (χ3n) is 5.37. The first-order chi connectivity index (χ1) is 17.5. The molecule has 0 unspecified atom stereocenters. The lowest BCUT2D eigenvalue weighted by atomic mass is 10.1.